The standard InChI is InChI=1S/C27H25F2N5O3/c28-19-13-11-18(12-14-19)26(27(36)30-16-20-6-5-15-37-20)34(23-9-3-1-7-21(23)29)25(35)17-33-24-10-4-2-8-22(24)31-32-33/h1-4,7-14,20,26H,5-6,15-17H2,(H,30,36)/t20-,26-/m0/s1. The Labute approximate surface area is 211 Å². The van der Waals surface area contributed by atoms with Gasteiger partial charge in [-0.1, -0.05) is 41.6 Å². The third-order valence-corrected chi connectivity index (χ3v) is 6.31. The molecule has 37 heavy (non-hydrogen) atoms. The minimum atomic E-state index is -1.28. The summed E-state index contributed by atoms with van der Waals surface area (Å²) in [5.74, 6) is -2.32. The van der Waals surface area contributed by atoms with Crippen LogP contribution in [0.15, 0.2) is 72.8 Å². The van der Waals surface area contributed by atoms with E-state index in [4.69, 9.17) is 4.74 Å². The monoisotopic (exact) mass is 505 g/mol. The highest BCUT2D eigenvalue weighted by Crippen LogP contribution is 2.31. The highest BCUT2D eigenvalue weighted by Gasteiger charge is 2.35. The van der Waals surface area contributed by atoms with E-state index in [-0.39, 0.29) is 24.9 Å². The summed E-state index contributed by atoms with van der Waals surface area (Å²) >= 11 is 0. The molecule has 2 amide bonds. The molecule has 1 aliphatic rings. The number of rotatable bonds is 8. The van der Waals surface area contributed by atoms with E-state index in [0.717, 1.165) is 17.7 Å². The van der Waals surface area contributed by atoms with Crippen molar-refractivity contribution >= 4 is 28.5 Å². The van der Waals surface area contributed by atoms with Crippen LogP contribution in [0.1, 0.15) is 24.4 Å². The molecule has 0 aliphatic carbocycles. The second-order valence-electron chi connectivity index (χ2n) is 8.79. The number of nitrogens with zero attached hydrogens (tertiary/aromatic N) is 4. The van der Waals surface area contributed by atoms with E-state index < -0.39 is 29.5 Å². The molecule has 4 aromatic rings. The van der Waals surface area contributed by atoms with E-state index in [1.807, 2.05) is 0 Å². The SMILES string of the molecule is O=C(NC[C@@H]1CCCO1)[C@H](c1ccc(F)cc1)N(C(=O)Cn1nnc2ccccc21)c1ccccc1F. The predicted octanol–water partition coefficient (Wildman–Crippen LogP) is 3.78. The molecule has 8 nitrogen and oxygen atoms in total. The van der Waals surface area contributed by atoms with Crippen LogP contribution in [0.2, 0.25) is 0 Å². The number of anilines is 1. The Bertz CT molecular complexity index is 1400. The predicted molar refractivity (Wildman–Crippen MR) is 133 cm³/mol. The van der Waals surface area contributed by atoms with Gasteiger partial charge in [-0.2, -0.15) is 0 Å². The van der Waals surface area contributed by atoms with Crippen LogP contribution in [0.5, 0.6) is 0 Å². The lowest BCUT2D eigenvalue weighted by atomic mass is 10.0. The summed E-state index contributed by atoms with van der Waals surface area (Å²) in [5.41, 5.74) is 1.45. The number of ether oxygens (including phenoxy) is 1. The zero-order valence-electron chi connectivity index (χ0n) is 19.9. The normalized spacial score (nSPS) is 16.0. The van der Waals surface area contributed by atoms with Crippen LogP contribution in [-0.4, -0.2) is 46.1 Å². The molecule has 1 aromatic heterocycles. The Kier molecular flexibility index (Phi) is 7.18. The number of para-hydroxylation sites is 2. The van der Waals surface area contributed by atoms with Crippen LogP contribution in [0.25, 0.3) is 11.0 Å². The first kappa shape index (κ1) is 24.5. The molecule has 2 heterocycles. The van der Waals surface area contributed by atoms with Gasteiger partial charge >= 0.3 is 0 Å². The fourth-order valence-corrected chi connectivity index (χ4v) is 4.48. The van der Waals surface area contributed by atoms with E-state index in [2.05, 4.69) is 15.6 Å². The van der Waals surface area contributed by atoms with E-state index in [1.54, 1.807) is 30.3 Å². The minimum absolute atomic E-state index is 0.0847. The van der Waals surface area contributed by atoms with Gasteiger partial charge in [-0.25, -0.2) is 13.5 Å². The van der Waals surface area contributed by atoms with Crippen LogP contribution in [0, 0.1) is 11.6 Å². The lowest BCUT2D eigenvalue weighted by molar-refractivity contribution is -0.127. The molecule has 0 bridgehead atoms. The molecular formula is C27H25F2N5O3. The van der Waals surface area contributed by atoms with Crippen molar-refractivity contribution in [2.45, 2.75) is 31.5 Å². The summed E-state index contributed by atoms with van der Waals surface area (Å²) in [5, 5.41) is 11.0. The molecule has 0 radical (unpaired) electrons. The van der Waals surface area contributed by atoms with Gasteiger partial charge < -0.3 is 10.1 Å². The van der Waals surface area contributed by atoms with Gasteiger partial charge in [-0.05, 0) is 54.8 Å². The van der Waals surface area contributed by atoms with Gasteiger partial charge in [0.15, 0.2) is 0 Å². The Morgan fingerprint density at radius 3 is 2.57 bits per heavy atom. The number of benzene rings is 3. The number of nitrogens with one attached hydrogen (secondary N) is 1. The molecule has 2 atom stereocenters. The lowest BCUT2D eigenvalue weighted by Crippen LogP contribution is -2.47. The van der Waals surface area contributed by atoms with Gasteiger partial charge in [0.05, 0.1) is 17.3 Å². The maximum absolute atomic E-state index is 15.1. The van der Waals surface area contributed by atoms with Crippen LogP contribution < -0.4 is 10.2 Å². The largest absolute Gasteiger partial charge is 0.376 e. The van der Waals surface area contributed by atoms with E-state index in [0.29, 0.717) is 23.2 Å². The Morgan fingerprint density at radius 2 is 1.81 bits per heavy atom. The van der Waals surface area contributed by atoms with Crippen molar-refractivity contribution in [3.63, 3.8) is 0 Å². The second-order valence-corrected chi connectivity index (χ2v) is 8.79. The average molecular weight is 506 g/mol. The quantitative estimate of drug-likeness (QED) is 0.394. The average Bonchev–Trinajstić information content (AvgIpc) is 3.58. The van der Waals surface area contributed by atoms with Crippen LogP contribution >= 0.6 is 0 Å². The smallest absolute Gasteiger partial charge is 0.249 e. The third kappa shape index (κ3) is 5.34. The first-order chi connectivity index (χ1) is 18.0. The second kappa shape index (κ2) is 10.8. The molecule has 0 unspecified atom stereocenters. The molecule has 1 N–H and O–H groups in total. The van der Waals surface area contributed by atoms with Gasteiger partial charge in [0.1, 0.15) is 29.7 Å². The molecule has 3 aromatic carbocycles. The van der Waals surface area contributed by atoms with Crippen molar-refractivity contribution in [2.75, 3.05) is 18.1 Å². The maximum Gasteiger partial charge on any atom is 0.249 e. The Morgan fingerprint density at radius 1 is 1.05 bits per heavy atom. The topological polar surface area (TPSA) is 89.4 Å². The summed E-state index contributed by atoms with van der Waals surface area (Å²) in [4.78, 5) is 28.6. The molecular weight excluding hydrogens is 480 g/mol. The van der Waals surface area contributed by atoms with Crippen molar-refractivity contribution in [1.29, 1.82) is 0 Å². The lowest BCUT2D eigenvalue weighted by Gasteiger charge is -2.32. The van der Waals surface area contributed by atoms with Gasteiger partial charge in [0, 0.05) is 13.2 Å². The van der Waals surface area contributed by atoms with E-state index in [9.17, 15) is 14.0 Å². The summed E-state index contributed by atoms with van der Waals surface area (Å²) in [7, 11) is 0. The summed E-state index contributed by atoms with van der Waals surface area (Å²) < 4.78 is 35.9. The van der Waals surface area contributed by atoms with Crippen LogP contribution in [0.4, 0.5) is 14.5 Å². The van der Waals surface area contributed by atoms with E-state index in [1.165, 1.54) is 47.1 Å². The molecule has 5 rings (SSSR count). The highest BCUT2D eigenvalue weighted by atomic mass is 19.1. The minimum Gasteiger partial charge on any atom is -0.376 e. The number of halogens is 2. The van der Waals surface area contributed by atoms with Crippen molar-refractivity contribution in [3.05, 3.63) is 90.0 Å². The number of carbonyl (C=O) groups is 2. The fraction of sp³-hybridized carbons (Fsp3) is 0.259. The van der Waals surface area contributed by atoms with Crippen molar-refractivity contribution in [2.24, 2.45) is 0 Å². The molecule has 0 saturated carbocycles. The number of amides is 2. The number of aromatic nitrogens is 3. The molecule has 1 saturated heterocycles. The molecule has 190 valence electrons. The van der Waals surface area contributed by atoms with Gasteiger partial charge in [0.2, 0.25) is 11.8 Å². The molecule has 1 aliphatic heterocycles. The zero-order chi connectivity index (χ0) is 25.8. The van der Waals surface area contributed by atoms with Gasteiger partial charge in [-0.15, -0.1) is 5.10 Å². The first-order valence-electron chi connectivity index (χ1n) is 12.0. The first-order valence-corrected chi connectivity index (χ1v) is 12.0. The summed E-state index contributed by atoms with van der Waals surface area (Å²) in [6, 6.07) is 16.8. The van der Waals surface area contributed by atoms with Gasteiger partial charge in [0.25, 0.3) is 0 Å². The van der Waals surface area contributed by atoms with Crippen LogP contribution in [0.3, 0.4) is 0 Å². The van der Waals surface area contributed by atoms with Crippen LogP contribution in [-0.2, 0) is 20.9 Å². The Balaban J connectivity index is 1.54. The molecule has 0 spiro atoms. The third-order valence-electron chi connectivity index (χ3n) is 6.31. The number of carbonyl (C=O) groups excluding carboxylic acids is 2. The number of hydrogen-bond acceptors (Lipinski definition) is 5. The van der Waals surface area contributed by atoms with Crippen molar-refractivity contribution in [1.82, 2.24) is 20.3 Å². The Hall–Kier alpha value is -4.18. The molecule has 10 heteroatoms. The fourth-order valence-electron chi connectivity index (χ4n) is 4.48. The van der Waals surface area contributed by atoms with Gasteiger partial charge in [-0.3, -0.25) is 14.5 Å². The van der Waals surface area contributed by atoms with Crippen molar-refractivity contribution in [3.8, 4) is 0 Å². The highest BCUT2D eigenvalue weighted by molar-refractivity contribution is 6.01. The zero-order valence-corrected chi connectivity index (χ0v) is 19.9. The number of hydrogen-bond donors (Lipinski definition) is 1. The summed E-state index contributed by atoms with van der Waals surface area (Å²) in [6.07, 6.45) is 1.56. The number of fused-ring (bicyclic) bond motifs is 1. The van der Waals surface area contributed by atoms with E-state index >= 15 is 4.39 Å². The molecule has 1 fully saturated rings. The maximum atomic E-state index is 15.1. The van der Waals surface area contributed by atoms with Crippen molar-refractivity contribution < 1.29 is 23.1 Å². The summed E-state index contributed by atoms with van der Waals surface area (Å²) in [6.45, 7) is 0.558.